The van der Waals surface area contributed by atoms with Gasteiger partial charge in [0.2, 0.25) is 6.08 Å². The van der Waals surface area contributed by atoms with Crippen molar-refractivity contribution in [3.8, 4) is 5.75 Å². The minimum absolute atomic E-state index is 0.349. The number of ether oxygens (including phenoxy) is 1. The van der Waals surface area contributed by atoms with Gasteiger partial charge in [0.15, 0.2) is 0 Å². The van der Waals surface area contributed by atoms with E-state index in [4.69, 9.17) is 4.74 Å². The molecule has 0 spiro atoms. The Labute approximate surface area is 95.2 Å². The zero-order valence-corrected chi connectivity index (χ0v) is 9.62. The standard InChI is InChI=1S/C13H15NO2/c1-3-10-4-5-12(16-2)11(8-10)13(6-7-13)14-9-15/h4-5,8H,3,6-7H2,1-2H3. The van der Waals surface area contributed by atoms with Crippen LogP contribution in [0.5, 0.6) is 5.75 Å². The molecule has 0 unspecified atom stereocenters. The van der Waals surface area contributed by atoms with E-state index in [-0.39, 0.29) is 5.54 Å². The lowest BCUT2D eigenvalue weighted by atomic mass is 10.00. The van der Waals surface area contributed by atoms with Crippen molar-refractivity contribution in [3.05, 3.63) is 29.3 Å². The molecule has 0 heterocycles. The molecule has 0 atom stereocenters. The van der Waals surface area contributed by atoms with E-state index in [9.17, 15) is 4.79 Å². The van der Waals surface area contributed by atoms with Crippen molar-refractivity contribution < 1.29 is 9.53 Å². The zero-order valence-electron chi connectivity index (χ0n) is 9.62. The van der Waals surface area contributed by atoms with Gasteiger partial charge in [0.05, 0.1) is 7.11 Å². The molecule has 1 aromatic rings. The Kier molecular flexibility index (Phi) is 2.80. The number of hydrogen-bond donors (Lipinski definition) is 0. The molecule has 1 aromatic carbocycles. The van der Waals surface area contributed by atoms with Crippen LogP contribution in [0.15, 0.2) is 23.2 Å². The van der Waals surface area contributed by atoms with Crippen LogP contribution >= 0.6 is 0 Å². The van der Waals surface area contributed by atoms with Gasteiger partial charge in [-0.1, -0.05) is 13.0 Å². The molecule has 84 valence electrons. The molecule has 0 N–H and O–H groups in total. The smallest absolute Gasteiger partial charge is 0.235 e. The maximum absolute atomic E-state index is 10.5. The second-order valence-corrected chi connectivity index (χ2v) is 4.12. The van der Waals surface area contributed by atoms with E-state index >= 15 is 0 Å². The topological polar surface area (TPSA) is 38.7 Å². The summed E-state index contributed by atoms with van der Waals surface area (Å²) >= 11 is 0. The molecule has 0 amide bonds. The quantitative estimate of drug-likeness (QED) is 0.574. The third-order valence-corrected chi connectivity index (χ3v) is 3.16. The van der Waals surface area contributed by atoms with Crippen LogP contribution in [-0.2, 0) is 16.8 Å². The first-order valence-electron chi connectivity index (χ1n) is 5.52. The van der Waals surface area contributed by atoms with Crippen molar-refractivity contribution in [2.75, 3.05) is 7.11 Å². The number of aliphatic imine (C=N–C) groups is 1. The molecule has 0 bridgehead atoms. The number of methoxy groups -OCH3 is 1. The molecule has 0 saturated heterocycles. The van der Waals surface area contributed by atoms with Crippen molar-refractivity contribution >= 4 is 6.08 Å². The van der Waals surface area contributed by atoms with Gasteiger partial charge in [0.1, 0.15) is 11.3 Å². The van der Waals surface area contributed by atoms with Crippen LogP contribution in [0.3, 0.4) is 0 Å². The van der Waals surface area contributed by atoms with E-state index in [1.165, 1.54) is 5.56 Å². The van der Waals surface area contributed by atoms with Crippen LogP contribution in [-0.4, -0.2) is 13.2 Å². The van der Waals surface area contributed by atoms with Gasteiger partial charge >= 0.3 is 0 Å². The maximum Gasteiger partial charge on any atom is 0.235 e. The summed E-state index contributed by atoms with van der Waals surface area (Å²) in [5.41, 5.74) is 1.92. The monoisotopic (exact) mass is 217 g/mol. The lowest BCUT2D eigenvalue weighted by Gasteiger charge is -2.14. The van der Waals surface area contributed by atoms with Crippen molar-refractivity contribution in [2.24, 2.45) is 4.99 Å². The first kappa shape index (κ1) is 10.9. The van der Waals surface area contributed by atoms with E-state index in [1.54, 1.807) is 13.2 Å². The maximum atomic E-state index is 10.5. The van der Waals surface area contributed by atoms with Gasteiger partial charge in [0.25, 0.3) is 0 Å². The van der Waals surface area contributed by atoms with E-state index in [1.807, 2.05) is 12.1 Å². The fourth-order valence-corrected chi connectivity index (χ4v) is 1.99. The zero-order chi connectivity index (χ0) is 11.6. The van der Waals surface area contributed by atoms with Crippen LogP contribution in [0.4, 0.5) is 0 Å². The SMILES string of the molecule is CCc1ccc(OC)c(C2(N=C=O)CC2)c1. The van der Waals surface area contributed by atoms with Crippen LogP contribution in [0, 0.1) is 0 Å². The largest absolute Gasteiger partial charge is 0.496 e. The van der Waals surface area contributed by atoms with Crippen molar-refractivity contribution in [3.63, 3.8) is 0 Å². The predicted molar refractivity (Wildman–Crippen MR) is 61.4 cm³/mol. The third-order valence-electron chi connectivity index (χ3n) is 3.16. The highest BCUT2D eigenvalue weighted by atomic mass is 16.5. The number of aryl methyl sites for hydroxylation is 1. The average molecular weight is 217 g/mol. The molecule has 1 aliphatic rings. The summed E-state index contributed by atoms with van der Waals surface area (Å²) in [5.74, 6) is 0.814. The van der Waals surface area contributed by atoms with Crippen molar-refractivity contribution in [2.45, 2.75) is 31.7 Å². The fourth-order valence-electron chi connectivity index (χ4n) is 1.99. The average Bonchev–Trinajstić information content (AvgIpc) is 3.09. The highest BCUT2D eigenvalue weighted by Gasteiger charge is 2.46. The predicted octanol–water partition coefficient (Wildman–Crippen LogP) is 2.58. The minimum atomic E-state index is -0.349. The molecular formula is C13H15NO2. The molecule has 2 rings (SSSR count). The molecule has 0 aliphatic heterocycles. The summed E-state index contributed by atoms with van der Waals surface area (Å²) in [4.78, 5) is 14.4. The van der Waals surface area contributed by atoms with Gasteiger partial charge in [-0.3, -0.25) is 0 Å². The Bertz CT molecular complexity index is 443. The second-order valence-electron chi connectivity index (χ2n) is 4.12. The van der Waals surface area contributed by atoms with Gasteiger partial charge in [-0.2, -0.15) is 4.99 Å². The normalized spacial score (nSPS) is 16.4. The van der Waals surface area contributed by atoms with Crippen LogP contribution < -0.4 is 4.74 Å². The molecule has 1 saturated carbocycles. The molecule has 3 nitrogen and oxygen atoms in total. The van der Waals surface area contributed by atoms with Gasteiger partial charge in [-0.05, 0) is 37.0 Å². The first-order valence-corrected chi connectivity index (χ1v) is 5.52. The number of nitrogens with zero attached hydrogens (tertiary/aromatic N) is 1. The Morgan fingerprint density at radius 1 is 1.50 bits per heavy atom. The van der Waals surface area contributed by atoms with E-state index in [0.717, 1.165) is 30.6 Å². The van der Waals surface area contributed by atoms with Crippen LogP contribution in [0.25, 0.3) is 0 Å². The lowest BCUT2D eigenvalue weighted by molar-refractivity contribution is 0.404. The summed E-state index contributed by atoms with van der Waals surface area (Å²) in [5, 5.41) is 0. The van der Waals surface area contributed by atoms with Crippen LogP contribution in [0.2, 0.25) is 0 Å². The summed E-state index contributed by atoms with van der Waals surface area (Å²) in [6, 6.07) is 6.09. The van der Waals surface area contributed by atoms with Gasteiger partial charge in [0, 0.05) is 5.56 Å². The highest BCUT2D eigenvalue weighted by Crippen LogP contribution is 2.52. The molecule has 3 heteroatoms. The molecule has 16 heavy (non-hydrogen) atoms. The lowest BCUT2D eigenvalue weighted by Crippen LogP contribution is -2.06. The van der Waals surface area contributed by atoms with Gasteiger partial charge < -0.3 is 4.74 Å². The van der Waals surface area contributed by atoms with E-state index in [2.05, 4.69) is 18.0 Å². The Morgan fingerprint density at radius 2 is 2.25 bits per heavy atom. The van der Waals surface area contributed by atoms with E-state index < -0.39 is 0 Å². The summed E-state index contributed by atoms with van der Waals surface area (Å²) in [6.45, 7) is 2.11. The minimum Gasteiger partial charge on any atom is -0.496 e. The summed E-state index contributed by atoms with van der Waals surface area (Å²) < 4.78 is 5.33. The number of isocyanates is 1. The Hall–Kier alpha value is -1.60. The number of hydrogen-bond acceptors (Lipinski definition) is 3. The van der Waals surface area contributed by atoms with Gasteiger partial charge in [-0.15, -0.1) is 0 Å². The molecule has 1 aliphatic carbocycles. The molecule has 0 aromatic heterocycles. The van der Waals surface area contributed by atoms with Crippen molar-refractivity contribution in [1.29, 1.82) is 0 Å². The summed E-state index contributed by atoms with van der Waals surface area (Å²) in [7, 11) is 1.64. The van der Waals surface area contributed by atoms with Crippen molar-refractivity contribution in [1.82, 2.24) is 0 Å². The molecular weight excluding hydrogens is 202 g/mol. The van der Waals surface area contributed by atoms with Gasteiger partial charge in [-0.25, -0.2) is 4.79 Å². The Balaban J connectivity index is 2.49. The summed E-state index contributed by atoms with van der Waals surface area (Å²) in [6.07, 6.45) is 4.46. The number of carbonyl (C=O) groups excluding carboxylic acids is 1. The van der Waals surface area contributed by atoms with E-state index in [0.29, 0.717) is 0 Å². The Morgan fingerprint density at radius 3 is 2.75 bits per heavy atom. The van der Waals surface area contributed by atoms with Crippen LogP contribution in [0.1, 0.15) is 30.9 Å². The fraction of sp³-hybridized carbons (Fsp3) is 0.462. The number of benzene rings is 1. The highest BCUT2D eigenvalue weighted by molar-refractivity contribution is 5.48. The first-order chi connectivity index (χ1) is 7.75. The second kappa shape index (κ2) is 4.11. The molecule has 0 radical (unpaired) electrons. The number of rotatable bonds is 4. The third kappa shape index (κ3) is 1.74. The molecule has 1 fully saturated rings.